The van der Waals surface area contributed by atoms with Crippen molar-refractivity contribution in [1.29, 1.82) is 0 Å². The molecule has 0 heterocycles. The molecular formula is C7H6F3N3O2. The highest BCUT2D eigenvalue weighted by Gasteiger charge is 2.46. The Morgan fingerprint density at radius 1 is 1.27 bits per heavy atom. The third-order valence-corrected chi connectivity index (χ3v) is 1.49. The smallest absolute Gasteiger partial charge is 0.539 e. The van der Waals surface area contributed by atoms with Crippen molar-refractivity contribution in [3.8, 4) is 0 Å². The fourth-order valence-corrected chi connectivity index (χ4v) is 0.951. The second-order valence-corrected chi connectivity index (χ2v) is 2.46. The molecule has 0 amide bonds. The number of nitrogens with zero attached hydrogens (tertiary/aromatic N) is 3. The number of alkyl halides is 3. The molecule has 8 heteroatoms. The van der Waals surface area contributed by atoms with Crippen LogP contribution in [0, 0.1) is 5.21 Å². The first-order chi connectivity index (χ1) is 6.96. The van der Waals surface area contributed by atoms with Crippen molar-refractivity contribution in [2.75, 3.05) is 5.01 Å². The van der Waals surface area contributed by atoms with E-state index in [1.54, 1.807) is 0 Å². The zero-order chi connectivity index (χ0) is 11.5. The number of hydrogen-bond donors (Lipinski definition) is 1. The van der Waals surface area contributed by atoms with Gasteiger partial charge in [-0.25, -0.2) is 0 Å². The third-order valence-electron chi connectivity index (χ3n) is 1.49. The van der Waals surface area contributed by atoms with Gasteiger partial charge in [0.2, 0.25) is 5.28 Å². The van der Waals surface area contributed by atoms with Crippen molar-refractivity contribution >= 4 is 5.69 Å². The average molecular weight is 221 g/mol. The number of benzene rings is 1. The molecule has 5 nitrogen and oxygen atoms in total. The Morgan fingerprint density at radius 2 is 1.80 bits per heavy atom. The molecule has 1 N–H and O–H groups in total. The van der Waals surface area contributed by atoms with Crippen molar-refractivity contribution in [3.63, 3.8) is 0 Å². The highest BCUT2D eigenvalue weighted by molar-refractivity contribution is 5.43. The Bertz CT molecular complexity index is 352. The van der Waals surface area contributed by atoms with Gasteiger partial charge in [0, 0.05) is 0 Å². The van der Waals surface area contributed by atoms with Crippen LogP contribution in [0.1, 0.15) is 0 Å². The summed E-state index contributed by atoms with van der Waals surface area (Å²) < 4.78 is 37.1. The van der Waals surface area contributed by atoms with Gasteiger partial charge in [0.15, 0.2) is 0 Å². The van der Waals surface area contributed by atoms with Crippen LogP contribution in [0.5, 0.6) is 0 Å². The third kappa shape index (κ3) is 2.48. The molecule has 0 aromatic heterocycles. The summed E-state index contributed by atoms with van der Waals surface area (Å²) in [6.45, 7) is 0. The number of hydrogen-bond acceptors (Lipinski definition) is 2. The molecule has 82 valence electrons. The molecule has 0 spiro atoms. The molecule has 0 bridgehead atoms. The molecule has 0 saturated carbocycles. The summed E-state index contributed by atoms with van der Waals surface area (Å²) >= 11 is 0. The zero-order valence-corrected chi connectivity index (χ0v) is 7.22. The number of rotatable bonds is 2. The predicted octanol–water partition coefficient (Wildman–Crippen LogP) is 2.28. The Hall–Kier alpha value is -1.99. The first-order valence-corrected chi connectivity index (χ1v) is 3.71. The summed E-state index contributed by atoms with van der Waals surface area (Å²) in [5.74, 6) is 0. The van der Waals surface area contributed by atoms with E-state index in [2.05, 4.69) is 0 Å². The fourth-order valence-electron chi connectivity index (χ4n) is 0.951. The predicted molar refractivity (Wildman–Crippen MR) is 42.8 cm³/mol. The van der Waals surface area contributed by atoms with E-state index in [-0.39, 0.29) is 0 Å². The van der Waals surface area contributed by atoms with E-state index in [0.717, 1.165) is 12.1 Å². The van der Waals surface area contributed by atoms with Crippen LogP contribution in [-0.2, 0) is 0 Å². The fraction of sp³-hybridized carbons (Fsp3) is 0.143. The van der Waals surface area contributed by atoms with E-state index in [0.29, 0.717) is 0 Å². The molecule has 1 rings (SSSR count). The summed E-state index contributed by atoms with van der Waals surface area (Å²) in [4.78, 5) is -0.949. The standard InChI is InChI=1S/C7H6F3N3O2/c8-7(9,10)12(13(15)11-14)6-4-2-1-3-5-6/h1-5,14H/b13-11-. The summed E-state index contributed by atoms with van der Waals surface area (Å²) in [6, 6.07) is 6.25. The molecular weight excluding hydrogens is 215 g/mol. The lowest BCUT2D eigenvalue weighted by Crippen LogP contribution is -2.43. The van der Waals surface area contributed by atoms with E-state index >= 15 is 0 Å². The second-order valence-electron chi connectivity index (χ2n) is 2.46. The van der Waals surface area contributed by atoms with Gasteiger partial charge >= 0.3 is 6.30 Å². The molecule has 0 fully saturated rings. The largest absolute Gasteiger partial charge is 0.568 e. The van der Waals surface area contributed by atoms with E-state index in [1.165, 1.54) is 18.2 Å². The molecule has 0 aliphatic rings. The molecule has 0 unspecified atom stereocenters. The SMILES string of the molecule is [O-]/[N+](=N\O)N(c1ccccc1)C(F)(F)F. The van der Waals surface area contributed by atoms with Crippen LogP contribution in [0.2, 0.25) is 0 Å². The number of anilines is 1. The van der Waals surface area contributed by atoms with Crippen molar-refractivity contribution in [2.45, 2.75) is 6.30 Å². The van der Waals surface area contributed by atoms with E-state index < -0.39 is 22.0 Å². The van der Waals surface area contributed by atoms with Gasteiger partial charge in [-0.3, -0.25) is 0 Å². The topological polar surface area (TPSA) is 61.9 Å². The first kappa shape index (κ1) is 11.1. The Morgan fingerprint density at radius 3 is 2.20 bits per heavy atom. The molecule has 1 aromatic carbocycles. The Kier molecular flexibility index (Phi) is 2.98. The second kappa shape index (κ2) is 4.03. The van der Waals surface area contributed by atoms with Crippen LogP contribution in [0.15, 0.2) is 35.6 Å². The van der Waals surface area contributed by atoms with Crippen LogP contribution < -0.4 is 5.01 Å². The van der Waals surface area contributed by atoms with Crippen LogP contribution in [-0.4, -0.2) is 16.5 Å². The summed E-state index contributed by atoms with van der Waals surface area (Å²) in [5, 5.41) is 20.0. The highest BCUT2D eigenvalue weighted by Crippen LogP contribution is 2.28. The molecule has 0 atom stereocenters. The van der Waals surface area contributed by atoms with Crippen molar-refractivity contribution in [2.24, 2.45) is 5.28 Å². The van der Waals surface area contributed by atoms with Gasteiger partial charge in [-0.15, -0.1) is 13.2 Å². The van der Waals surface area contributed by atoms with Gasteiger partial charge in [-0.2, -0.15) is 0 Å². The zero-order valence-electron chi connectivity index (χ0n) is 7.22. The maximum atomic E-state index is 12.4. The van der Waals surface area contributed by atoms with Crippen LogP contribution >= 0.6 is 0 Å². The van der Waals surface area contributed by atoms with E-state index in [4.69, 9.17) is 5.21 Å². The van der Waals surface area contributed by atoms with Crippen LogP contribution in [0.4, 0.5) is 18.9 Å². The molecule has 0 aliphatic carbocycles. The van der Waals surface area contributed by atoms with Gasteiger partial charge in [0.05, 0.1) is 4.97 Å². The lowest BCUT2D eigenvalue weighted by atomic mass is 10.3. The highest BCUT2D eigenvalue weighted by atomic mass is 19.4. The summed E-state index contributed by atoms with van der Waals surface area (Å²) in [5.41, 5.74) is -0.446. The molecule has 1 aromatic rings. The minimum Gasteiger partial charge on any atom is -0.568 e. The molecule has 0 saturated heterocycles. The normalized spacial score (nSPS) is 12.6. The van der Waals surface area contributed by atoms with Crippen molar-refractivity contribution in [3.05, 3.63) is 35.5 Å². The van der Waals surface area contributed by atoms with Crippen molar-refractivity contribution in [1.82, 2.24) is 0 Å². The maximum absolute atomic E-state index is 12.4. The number of hydrazine groups is 1. The van der Waals surface area contributed by atoms with Gasteiger partial charge in [-0.1, -0.05) is 18.2 Å². The Balaban J connectivity index is 3.14. The first-order valence-electron chi connectivity index (χ1n) is 3.71. The number of halogens is 3. The maximum Gasteiger partial charge on any atom is 0.539 e. The monoisotopic (exact) mass is 221 g/mol. The van der Waals surface area contributed by atoms with Crippen molar-refractivity contribution < 1.29 is 23.3 Å². The van der Waals surface area contributed by atoms with Gasteiger partial charge < -0.3 is 10.4 Å². The lowest BCUT2D eigenvalue weighted by molar-refractivity contribution is -0.598. The van der Waals surface area contributed by atoms with Gasteiger partial charge in [0.1, 0.15) is 5.69 Å². The molecule has 0 radical (unpaired) electrons. The summed E-state index contributed by atoms with van der Waals surface area (Å²) in [6.07, 6.45) is -4.96. The van der Waals surface area contributed by atoms with Crippen LogP contribution in [0.25, 0.3) is 0 Å². The average Bonchev–Trinajstić information content (AvgIpc) is 2.17. The van der Waals surface area contributed by atoms with Gasteiger partial charge in [-0.05, 0) is 17.1 Å². The number of para-hydroxylation sites is 1. The summed E-state index contributed by atoms with van der Waals surface area (Å²) in [7, 11) is 0. The Labute approximate surface area is 82.2 Å². The minimum absolute atomic E-state index is 0.446. The van der Waals surface area contributed by atoms with Crippen LogP contribution in [0.3, 0.4) is 0 Å². The van der Waals surface area contributed by atoms with Gasteiger partial charge in [0.25, 0.3) is 0 Å². The quantitative estimate of drug-likeness (QED) is 0.360. The van der Waals surface area contributed by atoms with E-state index in [9.17, 15) is 18.4 Å². The van der Waals surface area contributed by atoms with E-state index in [1.807, 2.05) is 5.28 Å². The molecule has 15 heavy (non-hydrogen) atoms. The lowest BCUT2D eigenvalue weighted by Gasteiger charge is -2.18. The molecule has 0 aliphatic heterocycles. The minimum atomic E-state index is -4.96.